The predicted molar refractivity (Wildman–Crippen MR) is 137 cm³/mol. The van der Waals surface area contributed by atoms with Gasteiger partial charge in [0.05, 0.1) is 10.3 Å². The van der Waals surface area contributed by atoms with Crippen LogP contribution in [-0.2, 0) is 21.9 Å². The van der Waals surface area contributed by atoms with E-state index in [1.54, 1.807) is 0 Å². The summed E-state index contributed by atoms with van der Waals surface area (Å²) in [4.78, 5) is 0. The molecular formula is C27H48NiOP+. The molecule has 176 valence electrons. The van der Waals surface area contributed by atoms with Gasteiger partial charge in [-0.2, -0.15) is 12.8 Å². The smallest absolute Gasteiger partial charge is 0.161 e. The first-order valence-corrected chi connectivity index (χ1v) is 12.4. The zero-order chi connectivity index (χ0) is 21.6. The minimum Gasteiger partial charge on any atom is -0.504 e. The molecule has 0 aromatic heterocycles. The fourth-order valence-electron chi connectivity index (χ4n) is 4.26. The standard InChI is InChI=1S/C18H31OP.C8H13.CH3.Ni/c1-16(2,3)13-11-10-12-14(15(13)19)20(17(4,5)6)18(7,8)9;1-2-4-6-8-7-5-3-1;;/h10-12,19H,1-9H3;1-2,7H,3-6,8H2;1H3;/q;-1;+1;/p+1/b;2-1-;;. The Morgan fingerprint density at radius 3 is 1.87 bits per heavy atom. The van der Waals surface area contributed by atoms with Crippen molar-refractivity contribution in [1.29, 1.82) is 0 Å². The summed E-state index contributed by atoms with van der Waals surface area (Å²) in [5.41, 5.74) is 1.04. The minimum absolute atomic E-state index is 0. The number of phenols is 1. The minimum atomic E-state index is -0.915. The van der Waals surface area contributed by atoms with Crippen LogP contribution >= 0.6 is 7.92 Å². The number of allylic oxidation sites excluding steroid dienone is 2. The van der Waals surface area contributed by atoms with Crippen LogP contribution < -0.4 is 5.30 Å². The third-order valence-corrected chi connectivity index (χ3v) is 9.04. The summed E-state index contributed by atoms with van der Waals surface area (Å²) in [6.45, 7) is 20.3. The van der Waals surface area contributed by atoms with Crippen molar-refractivity contribution in [2.45, 2.75) is 110 Å². The van der Waals surface area contributed by atoms with Crippen molar-refractivity contribution in [3.8, 4) is 5.75 Å². The van der Waals surface area contributed by atoms with Crippen LogP contribution in [0, 0.1) is 13.8 Å². The summed E-state index contributed by atoms with van der Waals surface area (Å²) in [6.07, 6.45) is 13.5. The van der Waals surface area contributed by atoms with Gasteiger partial charge in [-0.3, -0.25) is 0 Å². The van der Waals surface area contributed by atoms with E-state index < -0.39 is 7.92 Å². The number of hydrogen-bond donors (Lipinski definition) is 1. The average Bonchev–Trinajstić information content (AvgIpc) is 2.45. The van der Waals surface area contributed by atoms with Crippen molar-refractivity contribution >= 4 is 13.2 Å². The van der Waals surface area contributed by atoms with Gasteiger partial charge in [-0.15, -0.1) is 0 Å². The molecule has 1 N–H and O–H groups in total. The number of aromatic hydroxyl groups is 1. The molecule has 1 aliphatic carbocycles. The second-order valence-electron chi connectivity index (χ2n) is 11.1. The van der Waals surface area contributed by atoms with Crippen LogP contribution in [0.25, 0.3) is 0 Å². The van der Waals surface area contributed by atoms with E-state index in [0.717, 1.165) is 5.56 Å². The van der Waals surface area contributed by atoms with Gasteiger partial charge < -0.3 is 11.5 Å². The Hall–Kier alpha value is -0.446. The Morgan fingerprint density at radius 1 is 0.833 bits per heavy atom. The van der Waals surface area contributed by atoms with E-state index in [2.05, 4.69) is 99.1 Å². The molecule has 0 bridgehead atoms. The topological polar surface area (TPSA) is 20.2 Å². The average molecular weight is 478 g/mol. The van der Waals surface area contributed by atoms with E-state index in [1.165, 1.54) is 37.4 Å². The van der Waals surface area contributed by atoms with Crippen molar-refractivity contribution in [3.63, 3.8) is 0 Å². The Labute approximate surface area is 200 Å². The zero-order valence-electron chi connectivity index (χ0n) is 21.3. The molecule has 1 aromatic rings. The molecule has 0 heterocycles. The van der Waals surface area contributed by atoms with Gasteiger partial charge in [-0.05, 0) is 59.4 Å². The molecule has 0 amide bonds. The summed E-state index contributed by atoms with van der Waals surface area (Å²) in [5.74, 6) is 0.527. The molecule has 2 rings (SSSR count). The molecule has 0 unspecified atom stereocenters. The maximum atomic E-state index is 10.8. The normalized spacial score (nSPS) is 16.2. The summed E-state index contributed by atoms with van der Waals surface area (Å²) in [6, 6.07) is 6.30. The molecule has 1 aromatic carbocycles. The molecule has 0 saturated heterocycles. The van der Waals surface area contributed by atoms with Crippen LogP contribution in [0.15, 0.2) is 30.4 Å². The second-order valence-corrected chi connectivity index (χ2v) is 15.4. The molecule has 1 aliphatic rings. The molecule has 0 spiro atoms. The van der Waals surface area contributed by atoms with Gasteiger partial charge in [0.2, 0.25) is 0 Å². The van der Waals surface area contributed by atoms with Gasteiger partial charge >= 0.3 is 0 Å². The zero-order valence-corrected chi connectivity index (χ0v) is 23.3. The summed E-state index contributed by atoms with van der Waals surface area (Å²) in [7, 11) is -0.915. The van der Waals surface area contributed by atoms with E-state index in [0.29, 0.717) is 5.75 Å². The number of hydrogen-bond acceptors (Lipinski definition) is 1. The molecule has 0 atom stereocenters. The van der Waals surface area contributed by atoms with Crippen molar-refractivity contribution in [3.05, 3.63) is 49.8 Å². The number of rotatable bonds is 1. The molecule has 0 fully saturated rings. The van der Waals surface area contributed by atoms with Gasteiger partial charge in [-0.1, -0.05) is 57.9 Å². The van der Waals surface area contributed by atoms with E-state index in [4.69, 9.17) is 0 Å². The van der Waals surface area contributed by atoms with Gasteiger partial charge in [0.1, 0.15) is 5.30 Å². The van der Waals surface area contributed by atoms with Gasteiger partial charge in [0.15, 0.2) is 5.75 Å². The van der Waals surface area contributed by atoms with Crippen molar-refractivity contribution in [2.75, 3.05) is 0 Å². The Bertz CT molecular complexity index is 606. The molecule has 3 heteroatoms. The van der Waals surface area contributed by atoms with Gasteiger partial charge in [0, 0.05) is 37.4 Å². The predicted octanol–water partition coefficient (Wildman–Crippen LogP) is 8.28. The monoisotopic (exact) mass is 477 g/mol. The summed E-state index contributed by atoms with van der Waals surface area (Å²) in [5, 5.41) is 12.4. The Morgan fingerprint density at radius 2 is 1.37 bits per heavy atom. The van der Waals surface area contributed by atoms with E-state index >= 15 is 0 Å². The molecule has 0 saturated carbocycles. The first-order valence-electron chi connectivity index (χ1n) is 10.9. The van der Waals surface area contributed by atoms with Crippen molar-refractivity contribution < 1.29 is 21.6 Å². The van der Waals surface area contributed by atoms with Crippen LogP contribution in [0.3, 0.4) is 0 Å². The van der Waals surface area contributed by atoms with E-state index in [9.17, 15) is 5.11 Å². The first-order chi connectivity index (χ1) is 12.8. The number of benzene rings is 1. The summed E-state index contributed by atoms with van der Waals surface area (Å²) >= 11 is 0. The molecule has 1 nitrogen and oxygen atoms in total. The quantitative estimate of drug-likeness (QED) is 0.186. The molecule has 30 heavy (non-hydrogen) atoms. The maximum Gasteiger partial charge on any atom is 0.161 e. The van der Waals surface area contributed by atoms with Gasteiger partial charge in [0.25, 0.3) is 0 Å². The van der Waals surface area contributed by atoms with Crippen LogP contribution in [0.1, 0.15) is 100.0 Å². The fraction of sp³-hybridized carbons (Fsp3) is 0.630. The Kier molecular flexibility index (Phi) is 13.9. The third-order valence-electron chi connectivity index (χ3n) is 5.10. The summed E-state index contributed by atoms with van der Waals surface area (Å²) < 4.78 is 0. The van der Waals surface area contributed by atoms with Crippen molar-refractivity contribution in [1.82, 2.24) is 0 Å². The molecule has 0 radical (unpaired) electrons. The second kappa shape index (κ2) is 13.2. The maximum absolute atomic E-state index is 10.8. The number of para-hydroxylation sites is 1. The third kappa shape index (κ3) is 10.2. The first kappa shape index (κ1) is 31.7. The van der Waals surface area contributed by atoms with Crippen molar-refractivity contribution in [2.24, 2.45) is 0 Å². The van der Waals surface area contributed by atoms with E-state index in [-0.39, 0.29) is 39.6 Å². The van der Waals surface area contributed by atoms with Gasteiger partial charge in [-0.25, -0.2) is 0 Å². The number of phenolic OH excluding ortho intramolecular Hbond substituents is 1. The van der Waals surface area contributed by atoms with Crippen LogP contribution in [0.5, 0.6) is 5.75 Å². The largest absolute Gasteiger partial charge is 0.504 e. The van der Waals surface area contributed by atoms with E-state index in [1.807, 2.05) is 0 Å². The van der Waals surface area contributed by atoms with Crippen LogP contribution in [0.4, 0.5) is 0 Å². The fourth-order valence-corrected chi connectivity index (χ4v) is 8.76. The molecule has 0 aliphatic heterocycles. The van der Waals surface area contributed by atoms with Crippen LogP contribution in [-0.4, -0.2) is 15.4 Å². The Balaban J connectivity index is 0. The SMILES string of the molecule is C1=C\CCC[CH-]CC/1.CC(C)(C)c1cccc([PH+](C(C)(C)C)C(C)(C)C)c1O.[CH3+].[Ni]. The van der Waals surface area contributed by atoms with Crippen LogP contribution in [0.2, 0.25) is 0 Å². The molecular weight excluding hydrogens is 430 g/mol.